The Morgan fingerprint density at radius 2 is 1.64 bits per heavy atom. The van der Waals surface area contributed by atoms with Gasteiger partial charge in [-0.3, -0.25) is 9.59 Å². The molecule has 0 aromatic heterocycles. The maximum absolute atomic E-state index is 13.5. The number of Topliss-reactive ketones (excluding diaryl/α,β-unsaturated/α-hetero) is 1. The van der Waals surface area contributed by atoms with Crippen molar-refractivity contribution in [3.05, 3.63) is 118 Å². The molecule has 0 radical (unpaired) electrons. The van der Waals surface area contributed by atoms with Crippen LogP contribution in [-0.2, 0) is 4.79 Å². The van der Waals surface area contributed by atoms with Gasteiger partial charge in [-0.1, -0.05) is 72.4 Å². The molecule has 6 nitrogen and oxygen atoms in total. The number of ether oxygens (including phenoxy) is 1. The summed E-state index contributed by atoms with van der Waals surface area (Å²) in [6.45, 7) is 1.81. The second-order valence-corrected chi connectivity index (χ2v) is 9.11. The van der Waals surface area contributed by atoms with Crippen molar-refractivity contribution >= 4 is 29.1 Å². The number of hydrogen-bond donors (Lipinski definition) is 2. The first-order valence-corrected chi connectivity index (χ1v) is 12.3. The third kappa shape index (κ3) is 5.51. The van der Waals surface area contributed by atoms with Crippen molar-refractivity contribution in [1.29, 1.82) is 5.26 Å². The number of nitriles is 1. The molecule has 4 rings (SSSR count). The number of nitrogens with one attached hydrogen (secondary N) is 2. The summed E-state index contributed by atoms with van der Waals surface area (Å²) in [7, 11) is 1.58. The minimum absolute atomic E-state index is 0.0394. The molecule has 0 saturated carbocycles. The van der Waals surface area contributed by atoms with Gasteiger partial charge in [0.05, 0.1) is 35.5 Å². The predicted octanol–water partition coefficient (Wildman–Crippen LogP) is 5.65. The van der Waals surface area contributed by atoms with E-state index in [2.05, 4.69) is 16.7 Å². The standard InChI is InChI=1S/C29H25N3O3S/c1-19-26(28(34)32-22-11-7-4-8-12-22)27(21-13-15-23(35-2)16-14-21)24(17-30)29(31-19)36-18-25(33)20-9-5-3-6-10-20/h3-16,27,31H,18H2,1-2H3,(H,32,34). The minimum atomic E-state index is -0.611. The molecular formula is C29H25N3O3S. The van der Waals surface area contributed by atoms with E-state index in [-0.39, 0.29) is 17.4 Å². The molecule has 1 unspecified atom stereocenters. The summed E-state index contributed by atoms with van der Waals surface area (Å²) < 4.78 is 5.29. The van der Waals surface area contributed by atoms with Gasteiger partial charge in [-0.05, 0) is 36.8 Å². The molecule has 0 spiro atoms. The third-order valence-corrected chi connectivity index (χ3v) is 6.83. The maximum atomic E-state index is 13.5. The van der Waals surface area contributed by atoms with Crippen molar-refractivity contribution in [1.82, 2.24) is 5.32 Å². The van der Waals surface area contributed by atoms with Gasteiger partial charge >= 0.3 is 0 Å². The molecule has 7 heteroatoms. The highest BCUT2D eigenvalue weighted by Gasteiger charge is 2.35. The topological polar surface area (TPSA) is 91.2 Å². The monoisotopic (exact) mass is 495 g/mol. The van der Waals surface area contributed by atoms with Crippen LogP contribution in [0.1, 0.15) is 28.8 Å². The van der Waals surface area contributed by atoms with E-state index in [1.807, 2.05) is 67.6 Å². The highest BCUT2D eigenvalue weighted by molar-refractivity contribution is 8.03. The average Bonchev–Trinajstić information content (AvgIpc) is 2.92. The van der Waals surface area contributed by atoms with Gasteiger partial charge in [0.2, 0.25) is 0 Å². The number of nitrogens with zero attached hydrogens (tertiary/aromatic N) is 1. The Bertz CT molecular complexity index is 1360. The van der Waals surface area contributed by atoms with Gasteiger partial charge in [-0.2, -0.15) is 5.26 Å². The molecule has 2 N–H and O–H groups in total. The highest BCUT2D eigenvalue weighted by atomic mass is 32.2. The summed E-state index contributed by atoms with van der Waals surface area (Å²) in [6.07, 6.45) is 0. The number of anilines is 1. The van der Waals surface area contributed by atoms with Crippen LogP contribution in [0.25, 0.3) is 0 Å². The summed E-state index contributed by atoms with van der Waals surface area (Å²) in [5.41, 5.74) is 3.50. The van der Waals surface area contributed by atoms with Crippen molar-refractivity contribution in [3.63, 3.8) is 0 Å². The van der Waals surface area contributed by atoms with Crippen LogP contribution in [0.4, 0.5) is 5.69 Å². The van der Waals surface area contributed by atoms with Crippen LogP contribution in [0.2, 0.25) is 0 Å². The molecule has 0 saturated heterocycles. The van der Waals surface area contributed by atoms with Gasteiger partial charge in [0, 0.05) is 22.5 Å². The quantitative estimate of drug-likeness (QED) is 0.393. The van der Waals surface area contributed by atoms with Crippen molar-refractivity contribution in [2.75, 3.05) is 18.2 Å². The smallest absolute Gasteiger partial charge is 0.254 e. The number of methoxy groups -OCH3 is 1. The maximum Gasteiger partial charge on any atom is 0.254 e. The fraction of sp³-hybridized carbons (Fsp3) is 0.138. The molecule has 0 bridgehead atoms. The number of ketones is 1. The zero-order valence-corrected chi connectivity index (χ0v) is 20.8. The zero-order valence-electron chi connectivity index (χ0n) is 19.9. The van der Waals surface area contributed by atoms with E-state index in [1.54, 1.807) is 31.4 Å². The van der Waals surface area contributed by atoms with Crippen LogP contribution in [-0.4, -0.2) is 24.6 Å². The summed E-state index contributed by atoms with van der Waals surface area (Å²) >= 11 is 1.27. The van der Waals surface area contributed by atoms with Gasteiger partial charge in [-0.15, -0.1) is 0 Å². The van der Waals surface area contributed by atoms with E-state index in [1.165, 1.54) is 11.8 Å². The number of para-hydroxylation sites is 1. The minimum Gasteiger partial charge on any atom is -0.497 e. The van der Waals surface area contributed by atoms with Gasteiger partial charge in [-0.25, -0.2) is 0 Å². The lowest BCUT2D eigenvalue weighted by Gasteiger charge is -2.30. The van der Waals surface area contributed by atoms with Gasteiger partial charge < -0.3 is 15.4 Å². The van der Waals surface area contributed by atoms with Crippen LogP contribution < -0.4 is 15.4 Å². The summed E-state index contributed by atoms with van der Waals surface area (Å²) in [4.78, 5) is 26.2. The SMILES string of the molecule is COc1ccc(C2C(C#N)=C(SCC(=O)c3ccccc3)NC(C)=C2C(=O)Nc2ccccc2)cc1. The Morgan fingerprint density at radius 3 is 2.25 bits per heavy atom. The van der Waals surface area contributed by atoms with E-state index in [4.69, 9.17) is 4.74 Å². The lowest BCUT2D eigenvalue weighted by Crippen LogP contribution is -2.31. The number of dihydropyridines is 1. The van der Waals surface area contributed by atoms with E-state index in [0.29, 0.717) is 38.9 Å². The molecule has 36 heavy (non-hydrogen) atoms. The van der Waals surface area contributed by atoms with E-state index in [0.717, 1.165) is 5.56 Å². The van der Waals surface area contributed by atoms with Crippen LogP contribution >= 0.6 is 11.8 Å². The number of thioether (sulfide) groups is 1. The van der Waals surface area contributed by atoms with Crippen molar-refractivity contribution in [2.24, 2.45) is 0 Å². The van der Waals surface area contributed by atoms with Crippen LogP contribution in [0.3, 0.4) is 0 Å². The summed E-state index contributed by atoms with van der Waals surface area (Å²) in [6, 6.07) is 27.8. The fourth-order valence-electron chi connectivity index (χ4n) is 4.02. The zero-order chi connectivity index (χ0) is 25.5. The predicted molar refractivity (Wildman–Crippen MR) is 143 cm³/mol. The van der Waals surface area contributed by atoms with E-state index in [9.17, 15) is 14.9 Å². The first kappa shape index (κ1) is 24.8. The molecule has 0 fully saturated rings. The van der Waals surface area contributed by atoms with Crippen LogP contribution in [0, 0.1) is 11.3 Å². The molecule has 1 aliphatic rings. The second-order valence-electron chi connectivity index (χ2n) is 8.12. The molecule has 1 aliphatic heterocycles. The van der Waals surface area contributed by atoms with Crippen molar-refractivity contribution in [2.45, 2.75) is 12.8 Å². The average molecular weight is 496 g/mol. The molecule has 0 aliphatic carbocycles. The van der Waals surface area contributed by atoms with Crippen LogP contribution in [0.5, 0.6) is 5.75 Å². The van der Waals surface area contributed by atoms with Gasteiger partial charge in [0.15, 0.2) is 5.78 Å². The summed E-state index contributed by atoms with van der Waals surface area (Å²) in [5.74, 6) is -0.118. The molecular weight excluding hydrogens is 470 g/mol. The second kappa shape index (κ2) is 11.4. The Balaban J connectivity index is 1.69. The number of carbonyl (C=O) groups is 2. The Kier molecular flexibility index (Phi) is 7.89. The number of rotatable bonds is 8. The number of hydrogen-bond acceptors (Lipinski definition) is 6. The Hall–Kier alpha value is -4.28. The Morgan fingerprint density at radius 1 is 1.00 bits per heavy atom. The lowest BCUT2D eigenvalue weighted by atomic mass is 9.82. The van der Waals surface area contributed by atoms with E-state index < -0.39 is 5.92 Å². The fourth-order valence-corrected chi connectivity index (χ4v) is 5.01. The number of carbonyl (C=O) groups excluding carboxylic acids is 2. The lowest BCUT2D eigenvalue weighted by molar-refractivity contribution is -0.113. The molecule has 180 valence electrons. The number of allylic oxidation sites excluding steroid dienone is 2. The first-order valence-electron chi connectivity index (χ1n) is 11.3. The van der Waals surface area contributed by atoms with Crippen molar-refractivity contribution in [3.8, 4) is 11.8 Å². The first-order chi connectivity index (χ1) is 17.5. The molecule has 1 atom stereocenters. The molecule has 3 aromatic carbocycles. The van der Waals surface area contributed by atoms with Gasteiger partial charge in [0.1, 0.15) is 5.75 Å². The Labute approximate surface area is 214 Å². The molecule has 1 heterocycles. The molecule has 1 amide bonds. The van der Waals surface area contributed by atoms with Gasteiger partial charge in [0.25, 0.3) is 5.91 Å². The number of benzene rings is 3. The third-order valence-electron chi connectivity index (χ3n) is 5.82. The highest BCUT2D eigenvalue weighted by Crippen LogP contribution is 2.41. The molecule has 3 aromatic rings. The largest absolute Gasteiger partial charge is 0.497 e. The summed E-state index contributed by atoms with van der Waals surface area (Å²) in [5, 5.41) is 17.0. The van der Waals surface area contributed by atoms with E-state index >= 15 is 0 Å². The van der Waals surface area contributed by atoms with Crippen molar-refractivity contribution < 1.29 is 14.3 Å². The number of amides is 1. The van der Waals surface area contributed by atoms with Crippen LogP contribution in [0.15, 0.2) is 107 Å². The normalized spacial score (nSPS) is 15.1.